The lowest BCUT2D eigenvalue weighted by molar-refractivity contribution is -0.146. The number of likely N-dealkylation sites (N-methyl/N-ethyl adjacent to an activating group) is 1. The number of ether oxygens (including phenoxy) is 3. The number of nitrogens with zero attached hydrogens (tertiary/aromatic N) is 1. The van der Waals surface area contributed by atoms with Crippen LogP contribution in [0.4, 0.5) is 4.79 Å². The number of hydrogen-bond acceptors (Lipinski definition) is 5. The predicted octanol–water partition coefficient (Wildman–Crippen LogP) is 1.90. The zero-order chi connectivity index (χ0) is 17.4. The van der Waals surface area contributed by atoms with E-state index in [9.17, 15) is 14.7 Å². The van der Waals surface area contributed by atoms with E-state index in [0.29, 0.717) is 13.2 Å². The van der Waals surface area contributed by atoms with E-state index < -0.39 is 18.1 Å². The molecule has 0 aliphatic carbocycles. The highest BCUT2D eigenvalue weighted by Crippen LogP contribution is 2.13. The monoisotopic (exact) mass is 337 g/mol. The molecule has 132 valence electrons. The van der Waals surface area contributed by atoms with Gasteiger partial charge in [0.15, 0.2) is 6.04 Å². The number of amides is 1. The number of aliphatic carboxylic acids is 1. The summed E-state index contributed by atoms with van der Waals surface area (Å²) in [6.45, 7) is 1.24. The molecule has 1 aliphatic heterocycles. The zero-order valence-electron chi connectivity index (χ0n) is 13.7. The van der Waals surface area contributed by atoms with Crippen molar-refractivity contribution >= 4 is 12.1 Å². The Morgan fingerprint density at radius 1 is 1.29 bits per heavy atom. The van der Waals surface area contributed by atoms with Gasteiger partial charge in [-0.15, -0.1) is 0 Å². The molecule has 1 amide bonds. The van der Waals surface area contributed by atoms with Crippen LogP contribution in [-0.4, -0.2) is 61.1 Å². The van der Waals surface area contributed by atoms with Crippen LogP contribution in [0.25, 0.3) is 0 Å². The molecule has 1 fully saturated rings. The minimum Gasteiger partial charge on any atom is -0.480 e. The van der Waals surface area contributed by atoms with Gasteiger partial charge in [-0.05, 0) is 18.4 Å². The van der Waals surface area contributed by atoms with Crippen molar-refractivity contribution in [2.24, 2.45) is 0 Å². The maximum absolute atomic E-state index is 12.1. The van der Waals surface area contributed by atoms with Gasteiger partial charge in [-0.2, -0.15) is 0 Å². The maximum Gasteiger partial charge on any atom is 0.410 e. The van der Waals surface area contributed by atoms with E-state index in [2.05, 4.69) is 0 Å². The van der Waals surface area contributed by atoms with Crippen LogP contribution in [0, 0.1) is 0 Å². The highest BCUT2D eigenvalue weighted by molar-refractivity contribution is 5.80. The molecule has 1 unspecified atom stereocenters. The first-order valence-electron chi connectivity index (χ1n) is 7.93. The first-order chi connectivity index (χ1) is 11.6. The largest absolute Gasteiger partial charge is 0.480 e. The summed E-state index contributed by atoms with van der Waals surface area (Å²) >= 11 is 0. The quantitative estimate of drug-likeness (QED) is 0.818. The van der Waals surface area contributed by atoms with E-state index in [4.69, 9.17) is 14.2 Å². The Morgan fingerprint density at radius 3 is 2.58 bits per heavy atom. The molecule has 0 spiro atoms. The second-order valence-electron chi connectivity index (χ2n) is 5.65. The topological polar surface area (TPSA) is 85.3 Å². The predicted molar refractivity (Wildman–Crippen MR) is 85.6 cm³/mol. The summed E-state index contributed by atoms with van der Waals surface area (Å²) < 4.78 is 16.0. The van der Waals surface area contributed by atoms with Gasteiger partial charge in [0.2, 0.25) is 0 Å². The second-order valence-corrected chi connectivity index (χ2v) is 5.65. The minimum atomic E-state index is -1.12. The lowest BCUT2D eigenvalue weighted by Gasteiger charge is -2.27. The molecule has 1 saturated heterocycles. The van der Waals surface area contributed by atoms with Gasteiger partial charge in [-0.1, -0.05) is 30.3 Å². The molecule has 1 aromatic rings. The van der Waals surface area contributed by atoms with E-state index in [-0.39, 0.29) is 19.3 Å². The van der Waals surface area contributed by atoms with Crippen molar-refractivity contribution in [1.82, 2.24) is 4.90 Å². The molecule has 0 bridgehead atoms. The maximum atomic E-state index is 12.1. The van der Waals surface area contributed by atoms with Gasteiger partial charge in [0.1, 0.15) is 6.61 Å². The van der Waals surface area contributed by atoms with Crippen molar-refractivity contribution in [3.63, 3.8) is 0 Å². The highest BCUT2D eigenvalue weighted by atomic mass is 16.6. The van der Waals surface area contributed by atoms with Gasteiger partial charge in [-0.3, -0.25) is 4.90 Å². The molecular formula is C17H23NO6. The minimum absolute atomic E-state index is 0.0330. The summed E-state index contributed by atoms with van der Waals surface area (Å²) in [7, 11) is 1.40. The molecule has 1 atom stereocenters. The third-order valence-electron chi connectivity index (χ3n) is 3.90. The molecule has 1 aromatic carbocycles. The Labute approximate surface area is 141 Å². The van der Waals surface area contributed by atoms with Crippen molar-refractivity contribution in [3.05, 3.63) is 35.9 Å². The fraction of sp³-hybridized carbons (Fsp3) is 0.529. The number of carboxylic acid groups (broad SMARTS) is 1. The SMILES string of the molecule is CN(C(=O)OCc1ccccc1)C(COC1CCOCC1)C(=O)O. The van der Waals surface area contributed by atoms with Crippen LogP contribution in [0.15, 0.2) is 30.3 Å². The third-order valence-corrected chi connectivity index (χ3v) is 3.90. The molecule has 0 radical (unpaired) electrons. The summed E-state index contributed by atoms with van der Waals surface area (Å²) in [5.41, 5.74) is 0.838. The normalized spacial score (nSPS) is 16.4. The van der Waals surface area contributed by atoms with Gasteiger partial charge in [0, 0.05) is 20.3 Å². The van der Waals surface area contributed by atoms with Crippen molar-refractivity contribution in [2.45, 2.75) is 31.6 Å². The van der Waals surface area contributed by atoms with E-state index in [1.54, 1.807) is 0 Å². The first-order valence-corrected chi connectivity index (χ1v) is 7.93. The summed E-state index contributed by atoms with van der Waals surface area (Å²) in [4.78, 5) is 24.6. The Bertz CT molecular complexity index is 529. The molecule has 1 heterocycles. The van der Waals surface area contributed by atoms with Crippen molar-refractivity contribution < 1.29 is 28.9 Å². The van der Waals surface area contributed by atoms with Crippen LogP contribution in [-0.2, 0) is 25.6 Å². The number of rotatable bonds is 7. The Balaban J connectivity index is 1.83. The zero-order valence-corrected chi connectivity index (χ0v) is 13.7. The smallest absolute Gasteiger partial charge is 0.410 e. The van der Waals surface area contributed by atoms with Crippen LogP contribution in [0.3, 0.4) is 0 Å². The molecular weight excluding hydrogens is 314 g/mol. The van der Waals surface area contributed by atoms with E-state index >= 15 is 0 Å². The van der Waals surface area contributed by atoms with Crippen LogP contribution in [0.2, 0.25) is 0 Å². The average Bonchev–Trinajstić information content (AvgIpc) is 2.61. The Kier molecular flexibility index (Phi) is 7.02. The molecule has 7 nitrogen and oxygen atoms in total. The first kappa shape index (κ1) is 18.2. The van der Waals surface area contributed by atoms with Crippen molar-refractivity contribution in [3.8, 4) is 0 Å². The number of hydrogen-bond donors (Lipinski definition) is 1. The fourth-order valence-electron chi connectivity index (χ4n) is 2.37. The van der Waals surface area contributed by atoms with Crippen LogP contribution in [0.5, 0.6) is 0 Å². The number of carbonyl (C=O) groups excluding carboxylic acids is 1. The molecule has 7 heteroatoms. The summed E-state index contributed by atoms with van der Waals surface area (Å²) in [6, 6.07) is 8.12. The number of carboxylic acids is 1. The number of benzene rings is 1. The molecule has 2 rings (SSSR count). The van der Waals surface area contributed by atoms with Crippen LogP contribution < -0.4 is 0 Å². The third kappa shape index (κ3) is 5.50. The van der Waals surface area contributed by atoms with Crippen LogP contribution in [0.1, 0.15) is 18.4 Å². The average molecular weight is 337 g/mol. The fourth-order valence-corrected chi connectivity index (χ4v) is 2.37. The summed E-state index contributed by atoms with van der Waals surface area (Å²) in [5.74, 6) is -1.12. The van der Waals surface area contributed by atoms with E-state index in [1.807, 2.05) is 30.3 Å². The Morgan fingerprint density at radius 2 is 1.96 bits per heavy atom. The summed E-state index contributed by atoms with van der Waals surface area (Å²) in [5, 5.41) is 9.35. The molecule has 1 aliphatic rings. The van der Waals surface area contributed by atoms with Gasteiger partial charge in [0.25, 0.3) is 0 Å². The van der Waals surface area contributed by atoms with Gasteiger partial charge < -0.3 is 19.3 Å². The van der Waals surface area contributed by atoms with E-state index in [1.165, 1.54) is 7.05 Å². The van der Waals surface area contributed by atoms with Gasteiger partial charge >= 0.3 is 12.1 Å². The van der Waals surface area contributed by atoms with E-state index in [0.717, 1.165) is 23.3 Å². The highest BCUT2D eigenvalue weighted by Gasteiger charge is 2.29. The second kappa shape index (κ2) is 9.24. The van der Waals surface area contributed by atoms with Crippen molar-refractivity contribution in [1.29, 1.82) is 0 Å². The Hall–Kier alpha value is -2.12. The standard InChI is InChI=1S/C17H23NO6/c1-18(17(21)24-11-13-5-3-2-4-6-13)15(16(19)20)12-23-14-7-9-22-10-8-14/h2-6,14-15H,7-12H2,1H3,(H,19,20). The van der Waals surface area contributed by atoms with Crippen LogP contribution >= 0.6 is 0 Å². The summed E-state index contributed by atoms with van der Waals surface area (Å²) in [6.07, 6.45) is 0.736. The number of carbonyl (C=O) groups is 2. The molecule has 24 heavy (non-hydrogen) atoms. The molecule has 0 aromatic heterocycles. The molecule has 1 N–H and O–H groups in total. The van der Waals surface area contributed by atoms with Crippen molar-refractivity contribution in [2.75, 3.05) is 26.9 Å². The van der Waals surface area contributed by atoms with Gasteiger partial charge in [0.05, 0.1) is 12.7 Å². The lowest BCUT2D eigenvalue weighted by atomic mass is 10.1. The lowest BCUT2D eigenvalue weighted by Crippen LogP contribution is -2.46. The van der Waals surface area contributed by atoms with Gasteiger partial charge in [-0.25, -0.2) is 9.59 Å². The molecule has 0 saturated carbocycles.